The molecule has 23 heavy (non-hydrogen) atoms. The van der Waals surface area contributed by atoms with Crippen LogP contribution < -0.4 is 0 Å². The number of nitrogens with zero attached hydrogens (tertiary/aromatic N) is 2. The van der Waals surface area contributed by atoms with E-state index in [4.69, 9.17) is 0 Å². The van der Waals surface area contributed by atoms with Crippen molar-refractivity contribution >= 4 is 10.0 Å². The van der Waals surface area contributed by atoms with E-state index in [-0.39, 0.29) is 10.8 Å². The number of hydrogen-bond acceptors (Lipinski definition) is 3. The Bertz CT molecular complexity index is 898. The van der Waals surface area contributed by atoms with Gasteiger partial charge in [-0.1, -0.05) is 30.7 Å². The van der Waals surface area contributed by atoms with Crippen molar-refractivity contribution < 1.29 is 8.42 Å². The van der Waals surface area contributed by atoms with Gasteiger partial charge in [-0.2, -0.15) is 0 Å². The van der Waals surface area contributed by atoms with Crippen molar-refractivity contribution in [2.75, 3.05) is 0 Å². The highest BCUT2D eigenvalue weighted by atomic mass is 32.2. The summed E-state index contributed by atoms with van der Waals surface area (Å²) in [4.78, 5) is 4.62. The maximum atomic E-state index is 12.9. The van der Waals surface area contributed by atoms with Gasteiger partial charge < -0.3 is 0 Å². The maximum absolute atomic E-state index is 12.9. The number of pyridine rings is 1. The molecule has 4 nitrogen and oxygen atoms in total. The molecule has 2 heterocycles. The minimum atomic E-state index is -3.61. The molecule has 0 saturated heterocycles. The topological polar surface area (TPSA) is 52.0 Å². The lowest BCUT2D eigenvalue weighted by Gasteiger charge is -2.15. The van der Waals surface area contributed by atoms with E-state index in [9.17, 15) is 8.42 Å². The second-order valence-corrected chi connectivity index (χ2v) is 7.34. The lowest BCUT2D eigenvalue weighted by molar-refractivity contribution is 0.583. The molecule has 1 aromatic carbocycles. The number of hydrogen-bond donors (Lipinski definition) is 0. The molecule has 3 rings (SSSR count). The summed E-state index contributed by atoms with van der Waals surface area (Å²) in [6.07, 6.45) is 3.30. The van der Waals surface area contributed by atoms with Crippen LogP contribution in [0, 0.1) is 6.92 Å². The maximum Gasteiger partial charge on any atom is 0.267 e. The van der Waals surface area contributed by atoms with Crippen LogP contribution in [0.3, 0.4) is 0 Å². The normalized spacial score (nSPS) is 13.0. The zero-order valence-corrected chi connectivity index (χ0v) is 13.9. The van der Waals surface area contributed by atoms with E-state index < -0.39 is 10.0 Å². The van der Waals surface area contributed by atoms with Crippen LogP contribution >= 0.6 is 0 Å². The van der Waals surface area contributed by atoms with Gasteiger partial charge in [-0.3, -0.25) is 4.98 Å². The lowest BCUT2D eigenvalue weighted by Crippen LogP contribution is -2.17. The number of aromatic nitrogens is 2. The van der Waals surface area contributed by atoms with Gasteiger partial charge in [-0.15, -0.1) is 0 Å². The van der Waals surface area contributed by atoms with Crippen LogP contribution in [0.5, 0.6) is 0 Å². The average molecular weight is 326 g/mol. The summed E-state index contributed by atoms with van der Waals surface area (Å²) in [6.45, 7) is 3.89. The van der Waals surface area contributed by atoms with Crippen LogP contribution in [-0.2, 0) is 10.0 Å². The third-order valence-corrected chi connectivity index (χ3v) is 5.61. The monoisotopic (exact) mass is 326 g/mol. The van der Waals surface area contributed by atoms with E-state index in [0.717, 1.165) is 11.3 Å². The first-order valence-corrected chi connectivity index (χ1v) is 8.84. The second-order valence-electron chi connectivity index (χ2n) is 5.52. The van der Waals surface area contributed by atoms with E-state index in [0.29, 0.717) is 5.69 Å². The molecule has 0 spiro atoms. The Hall–Kier alpha value is -2.40. The van der Waals surface area contributed by atoms with Crippen molar-refractivity contribution in [1.82, 2.24) is 8.96 Å². The van der Waals surface area contributed by atoms with Crippen molar-refractivity contribution in [3.63, 3.8) is 0 Å². The molecular formula is C18H18N2O2S. The SMILES string of the molecule is Cc1ccc(S(=O)(=O)n2cccc2C(C)c2ccccn2)cc1. The zero-order chi connectivity index (χ0) is 16.4. The van der Waals surface area contributed by atoms with Crippen molar-refractivity contribution in [3.8, 4) is 0 Å². The third-order valence-electron chi connectivity index (χ3n) is 3.90. The van der Waals surface area contributed by atoms with Crippen molar-refractivity contribution in [2.45, 2.75) is 24.7 Å². The van der Waals surface area contributed by atoms with E-state index in [1.807, 2.05) is 38.1 Å². The molecule has 5 heteroatoms. The van der Waals surface area contributed by atoms with Gasteiger partial charge in [0.05, 0.1) is 4.90 Å². The Morgan fingerprint density at radius 2 is 1.74 bits per heavy atom. The summed E-state index contributed by atoms with van der Waals surface area (Å²) in [7, 11) is -3.61. The van der Waals surface area contributed by atoms with Crippen LogP contribution in [0.15, 0.2) is 71.9 Å². The molecule has 0 N–H and O–H groups in total. The van der Waals surface area contributed by atoms with E-state index >= 15 is 0 Å². The summed E-state index contributed by atoms with van der Waals surface area (Å²) in [6, 6.07) is 16.1. The molecule has 118 valence electrons. The highest BCUT2D eigenvalue weighted by Gasteiger charge is 2.22. The minimum absolute atomic E-state index is 0.119. The zero-order valence-electron chi connectivity index (χ0n) is 13.0. The third kappa shape index (κ3) is 2.92. The molecule has 1 atom stereocenters. The van der Waals surface area contributed by atoms with Crippen molar-refractivity contribution in [1.29, 1.82) is 0 Å². The standard InChI is InChI=1S/C18H18N2O2S/c1-14-8-10-16(11-9-14)23(21,22)20-13-5-7-18(20)15(2)17-6-3-4-12-19-17/h3-13,15H,1-2H3. The molecule has 0 aliphatic carbocycles. The van der Waals surface area contributed by atoms with Gasteiger partial charge >= 0.3 is 0 Å². The van der Waals surface area contributed by atoms with Gasteiger partial charge in [0.25, 0.3) is 10.0 Å². The number of rotatable bonds is 4. The van der Waals surface area contributed by atoms with E-state index in [2.05, 4.69) is 4.98 Å². The largest absolute Gasteiger partial charge is 0.267 e. The number of benzene rings is 1. The van der Waals surface area contributed by atoms with Gasteiger partial charge in [0, 0.05) is 29.7 Å². The molecule has 0 bridgehead atoms. The highest BCUT2D eigenvalue weighted by molar-refractivity contribution is 7.90. The quantitative estimate of drug-likeness (QED) is 0.736. The summed E-state index contributed by atoms with van der Waals surface area (Å²) in [5.41, 5.74) is 2.56. The predicted octanol–water partition coefficient (Wildman–Crippen LogP) is 3.58. The molecule has 2 aromatic heterocycles. The van der Waals surface area contributed by atoms with Crippen LogP contribution in [0.1, 0.15) is 29.8 Å². The van der Waals surface area contributed by atoms with Crippen LogP contribution in [0.25, 0.3) is 0 Å². The van der Waals surface area contributed by atoms with Gasteiger partial charge in [0.2, 0.25) is 0 Å². The fourth-order valence-electron chi connectivity index (χ4n) is 2.54. The smallest absolute Gasteiger partial charge is 0.261 e. The summed E-state index contributed by atoms with van der Waals surface area (Å²) in [5.74, 6) is -0.119. The lowest BCUT2D eigenvalue weighted by atomic mass is 10.0. The Labute approximate surface area is 136 Å². The second kappa shape index (κ2) is 6.01. The molecule has 3 aromatic rings. The summed E-state index contributed by atoms with van der Waals surface area (Å²) < 4.78 is 27.2. The van der Waals surface area contributed by atoms with Crippen LogP contribution in [0.2, 0.25) is 0 Å². The molecule has 0 saturated carbocycles. The predicted molar refractivity (Wildman–Crippen MR) is 89.9 cm³/mol. The van der Waals surface area contributed by atoms with E-state index in [1.165, 1.54) is 3.97 Å². The fraction of sp³-hybridized carbons (Fsp3) is 0.167. The Morgan fingerprint density at radius 3 is 2.39 bits per heavy atom. The Morgan fingerprint density at radius 1 is 1.00 bits per heavy atom. The first-order chi connectivity index (χ1) is 11.0. The fourth-order valence-corrected chi connectivity index (χ4v) is 3.98. The van der Waals surface area contributed by atoms with Crippen molar-refractivity contribution in [3.05, 3.63) is 83.9 Å². The molecule has 0 aliphatic heterocycles. The molecule has 0 fully saturated rings. The Kier molecular flexibility index (Phi) is 4.05. The number of aryl methyl sites for hydroxylation is 1. The van der Waals surface area contributed by atoms with Crippen LogP contribution in [0.4, 0.5) is 0 Å². The molecular weight excluding hydrogens is 308 g/mol. The summed E-state index contributed by atoms with van der Waals surface area (Å²) in [5, 5.41) is 0. The van der Waals surface area contributed by atoms with Crippen LogP contribution in [-0.4, -0.2) is 17.4 Å². The molecule has 1 unspecified atom stereocenters. The minimum Gasteiger partial charge on any atom is -0.261 e. The van der Waals surface area contributed by atoms with E-state index in [1.54, 1.807) is 42.7 Å². The van der Waals surface area contributed by atoms with Gasteiger partial charge in [0.15, 0.2) is 0 Å². The van der Waals surface area contributed by atoms with Crippen molar-refractivity contribution in [2.24, 2.45) is 0 Å². The summed E-state index contributed by atoms with van der Waals surface area (Å²) >= 11 is 0. The molecule has 0 aliphatic rings. The Balaban J connectivity index is 2.05. The van der Waals surface area contributed by atoms with Gasteiger partial charge in [0.1, 0.15) is 0 Å². The first kappa shape index (κ1) is 15.5. The van der Waals surface area contributed by atoms with Gasteiger partial charge in [-0.05, 0) is 43.3 Å². The molecule has 0 radical (unpaired) electrons. The van der Waals surface area contributed by atoms with Gasteiger partial charge in [-0.25, -0.2) is 12.4 Å². The first-order valence-electron chi connectivity index (χ1n) is 7.40. The molecule has 0 amide bonds. The average Bonchev–Trinajstić information content (AvgIpc) is 3.06. The highest BCUT2D eigenvalue weighted by Crippen LogP contribution is 2.26.